The van der Waals surface area contributed by atoms with Crippen molar-refractivity contribution >= 4 is 9.84 Å². The molecule has 6 heteroatoms. The summed E-state index contributed by atoms with van der Waals surface area (Å²) in [5.41, 5.74) is 1.44. The third-order valence-corrected chi connectivity index (χ3v) is 7.09. The first-order chi connectivity index (χ1) is 11.5. The highest BCUT2D eigenvalue weighted by molar-refractivity contribution is 7.91. The van der Waals surface area contributed by atoms with Crippen LogP contribution in [0.1, 0.15) is 68.2 Å². The lowest BCUT2D eigenvalue weighted by Gasteiger charge is -2.15. The van der Waals surface area contributed by atoms with Gasteiger partial charge in [-0.1, -0.05) is 25.3 Å². The molecule has 0 aliphatic rings. The number of halogens is 3. The van der Waals surface area contributed by atoms with Crippen LogP contribution in [0.25, 0.3) is 0 Å². The lowest BCUT2D eigenvalue weighted by Crippen LogP contribution is -2.17. The number of aryl methyl sites for hydroxylation is 1. The smallest absolute Gasteiger partial charge is 0.229 e. The van der Waals surface area contributed by atoms with E-state index in [-0.39, 0.29) is 11.0 Å². The first-order valence-corrected chi connectivity index (χ1v) is 10.6. The van der Waals surface area contributed by atoms with Crippen LogP contribution in [-0.4, -0.2) is 19.4 Å². The first-order valence-electron chi connectivity index (χ1n) is 8.84. The Bertz CT molecular complexity index is 662. The Morgan fingerprint density at radius 1 is 0.920 bits per heavy atom. The fourth-order valence-corrected chi connectivity index (χ4v) is 3.92. The molecule has 0 aliphatic carbocycles. The molecule has 2 nitrogen and oxygen atoms in total. The summed E-state index contributed by atoms with van der Waals surface area (Å²) in [6.45, 7) is 6.67. The number of benzene rings is 1. The SMILES string of the molecule is Cc1c(CCCCCCCS(=O)(=O)C(C)C)ccc(C(F)(F)F)c1C. The van der Waals surface area contributed by atoms with Crippen molar-refractivity contribution in [1.29, 1.82) is 0 Å². The number of hydrogen-bond donors (Lipinski definition) is 0. The van der Waals surface area contributed by atoms with Crippen molar-refractivity contribution in [3.05, 3.63) is 34.4 Å². The zero-order valence-corrected chi connectivity index (χ0v) is 16.4. The van der Waals surface area contributed by atoms with E-state index in [1.54, 1.807) is 26.8 Å². The Morgan fingerprint density at radius 2 is 1.48 bits per heavy atom. The van der Waals surface area contributed by atoms with E-state index in [2.05, 4.69) is 0 Å². The van der Waals surface area contributed by atoms with Gasteiger partial charge in [-0.15, -0.1) is 0 Å². The minimum Gasteiger partial charge on any atom is -0.229 e. The second-order valence-electron chi connectivity index (χ2n) is 6.95. The molecule has 25 heavy (non-hydrogen) atoms. The minimum absolute atomic E-state index is 0.238. The van der Waals surface area contributed by atoms with Gasteiger partial charge in [0.1, 0.15) is 0 Å². The molecule has 0 heterocycles. The average molecular weight is 379 g/mol. The Kier molecular flexibility index (Phi) is 7.97. The van der Waals surface area contributed by atoms with Gasteiger partial charge in [0.05, 0.1) is 16.6 Å². The van der Waals surface area contributed by atoms with E-state index in [1.165, 1.54) is 13.0 Å². The van der Waals surface area contributed by atoms with E-state index in [9.17, 15) is 21.6 Å². The standard InChI is InChI=1S/C19H29F3O2S/c1-14(2)25(23,24)13-9-7-5-6-8-10-17-11-12-18(19(20,21)22)16(4)15(17)3/h11-12,14H,5-10,13H2,1-4H3. The molecule has 0 fully saturated rings. The Labute approximate surface area is 149 Å². The summed E-state index contributed by atoms with van der Waals surface area (Å²) in [5.74, 6) is 0.238. The molecule has 0 spiro atoms. The van der Waals surface area contributed by atoms with E-state index in [0.29, 0.717) is 12.0 Å². The zero-order valence-electron chi connectivity index (χ0n) is 15.5. The number of unbranched alkanes of at least 4 members (excludes halogenated alkanes) is 4. The van der Waals surface area contributed by atoms with Crippen molar-refractivity contribution in [2.75, 3.05) is 5.75 Å². The number of sulfone groups is 1. The van der Waals surface area contributed by atoms with Crippen LogP contribution in [0.4, 0.5) is 13.2 Å². The van der Waals surface area contributed by atoms with Gasteiger partial charge in [0, 0.05) is 0 Å². The molecule has 0 N–H and O–H groups in total. The number of alkyl halides is 3. The lowest BCUT2D eigenvalue weighted by atomic mass is 9.94. The first kappa shape index (κ1) is 22.0. The van der Waals surface area contributed by atoms with Gasteiger partial charge in [0.25, 0.3) is 0 Å². The van der Waals surface area contributed by atoms with E-state index >= 15 is 0 Å². The molecule has 144 valence electrons. The van der Waals surface area contributed by atoms with Gasteiger partial charge in [-0.2, -0.15) is 13.2 Å². The topological polar surface area (TPSA) is 34.1 Å². The molecular formula is C19H29F3O2S. The molecule has 0 atom stereocenters. The van der Waals surface area contributed by atoms with E-state index in [1.807, 2.05) is 0 Å². The monoisotopic (exact) mass is 378 g/mol. The summed E-state index contributed by atoms with van der Waals surface area (Å²) in [6, 6.07) is 2.76. The third-order valence-electron chi connectivity index (χ3n) is 4.80. The van der Waals surface area contributed by atoms with Gasteiger partial charge in [0.2, 0.25) is 0 Å². The van der Waals surface area contributed by atoms with Crippen LogP contribution in [0.3, 0.4) is 0 Å². The quantitative estimate of drug-likeness (QED) is 0.521. The molecule has 1 rings (SSSR count). The fraction of sp³-hybridized carbons (Fsp3) is 0.684. The van der Waals surface area contributed by atoms with E-state index in [0.717, 1.165) is 43.2 Å². The molecule has 1 aromatic carbocycles. The van der Waals surface area contributed by atoms with Crippen LogP contribution in [0.5, 0.6) is 0 Å². The molecule has 0 aliphatic heterocycles. The molecule has 0 amide bonds. The van der Waals surface area contributed by atoms with Crippen LogP contribution < -0.4 is 0 Å². The van der Waals surface area contributed by atoms with Gasteiger partial charge < -0.3 is 0 Å². The molecule has 0 radical (unpaired) electrons. The zero-order chi connectivity index (χ0) is 19.3. The van der Waals surface area contributed by atoms with Crippen molar-refractivity contribution < 1.29 is 21.6 Å². The van der Waals surface area contributed by atoms with E-state index in [4.69, 9.17) is 0 Å². The Balaban J connectivity index is 2.39. The van der Waals surface area contributed by atoms with Crippen molar-refractivity contribution in [2.24, 2.45) is 0 Å². The largest absolute Gasteiger partial charge is 0.416 e. The number of rotatable bonds is 9. The highest BCUT2D eigenvalue weighted by atomic mass is 32.2. The second kappa shape index (κ2) is 9.06. The Hall–Kier alpha value is -1.04. The van der Waals surface area contributed by atoms with Gasteiger partial charge in [0.15, 0.2) is 9.84 Å². The maximum Gasteiger partial charge on any atom is 0.416 e. The number of hydrogen-bond acceptors (Lipinski definition) is 2. The van der Waals surface area contributed by atoms with Crippen molar-refractivity contribution in [2.45, 2.75) is 77.6 Å². The highest BCUT2D eigenvalue weighted by Crippen LogP contribution is 2.34. The molecule has 1 aromatic rings. The third kappa shape index (κ3) is 6.65. The summed E-state index contributed by atoms with van der Waals surface area (Å²) in [6.07, 6.45) is 0.824. The Morgan fingerprint density at radius 3 is 2.04 bits per heavy atom. The fourth-order valence-electron chi connectivity index (χ4n) is 2.84. The van der Waals surface area contributed by atoms with Gasteiger partial charge >= 0.3 is 6.18 Å². The molecule has 0 saturated heterocycles. The van der Waals surface area contributed by atoms with Crippen LogP contribution in [0, 0.1) is 13.8 Å². The summed E-state index contributed by atoms with van der Waals surface area (Å²) < 4.78 is 62.0. The summed E-state index contributed by atoms with van der Waals surface area (Å²) in [7, 11) is -2.95. The lowest BCUT2D eigenvalue weighted by molar-refractivity contribution is -0.138. The molecule has 0 saturated carbocycles. The minimum atomic E-state index is -4.30. The van der Waals surface area contributed by atoms with Crippen molar-refractivity contribution in [1.82, 2.24) is 0 Å². The molecule has 0 bridgehead atoms. The van der Waals surface area contributed by atoms with Gasteiger partial charge in [-0.05, 0) is 69.7 Å². The molecule has 0 unspecified atom stereocenters. The van der Waals surface area contributed by atoms with Gasteiger partial charge in [-0.25, -0.2) is 8.42 Å². The summed E-state index contributed by atoms with van der Waals surface area (Å²) in [5, 5.41) is -0.321. The average Bonchev–Trinajstić information content (AvgIpc) is 2.48. The molecule has 0 aromatic heterocycles. The predicted octanol–water partition coefficient (Wildman–Crippen LogP) is 5.64. The highest BCUT2D eigenvalue weighted by Gasteiger charge is 2.32. The molecular weight excluding hydrogens is 349 g/mol. The maximum absolute atomic E-state index is 12.9. The normalized spacial score (nSPS) is 12.8. The summed E-state index contributed by atoms with van der Waals surface area (Å²) >= 11 is 0. The maximum atomic E-state index is 12.9. The summed E-state index contributed by atoms with van der Waals surface area (Å²) in [4.78, 5) is 0. The van der Waals surface area contributed by atoms with Crippen LogP contribution in [-0.2, 0) is 22.4 Å². The van der Waals surface area contributed by atoms with Crippen LogP contribution in [0.15, 0.2) is 12.1 Å². The second-order valence-corrected chi connectivity index (χ2v) is 9.63. The van der Waals surface area contributed by atoms with Crippen LogP contribution in [0.2, 0.25) is 0 Å². The van der Waals surface area contributed by atoms with Crippen molar-refractivity contribution in [3.8, 4) is 0 Å². The van der Waals surface area contributed by atoms with Crippen molar-refractivity contribution in [3.63, 3.8) is 0 Å². The van der Waals surface area contributed by atoms with Gasteiger partial charge in [-0.3, -0.25) is 0 Å². The van der Waals surface area contributed by atoms with Crippen LogP contribution >= 0.6 is 0 Å². The van der Waals surface area contributed by atoms with E-state index < -0.39 is 21.6 Å². The predicted molar refractivity (Wildman–Crippen MR) is 96.6 cm³/mol.